The fraction of sp³-hybridized carbons (Fsp3) is 0.308. The number of nitrogens with zero attached hydrogens (tertiary/aromatic N) is 3. The molecule has 0 N–H and O–H groups in total. The number of rotatable bonds is 5. The Morgan fingerprint density at radius 3 is 2.58 bits per heavy atom. The van der Waals surface area contributed by atoms with Crippen molar-refractivity contribution < 1.29 is 0 Å². The van der Waals surface area contributed by atoms with E-state index in [0.717, 1.165) is 18.4 Å². The summed E-state index contributed by atoms with van der Waals surface area (Å²) in [6.07, 6.45) is 6.79. The summed E-state index contributed by atoms with van der Waals surface area (Å²) in [6.45, 7) is 0. The molecule has 0 aliphatic heterocycles. The zero-order chi connectivity index (χ0) is 13.7. The van der Waals surface area contributed by atoms with Gasteiger partial charge in [-0.25, -0.2) is 9.97 Å². The molecule has 2 rings (SSSR count). The Kier molecular flexibility index (Phi) is 5.43. The summed E-state index contributed by atoms with van der Waals surface area (Å²) in [4.78, 5) is 12.7. The molecule has 2 aromatic rings. The van der Waals surface area contributed by atoms with E-state index in [2.05, 4.69) is 27.6 Å². The molecule has 0 amide bonds. The van der Waals surface area contributed by atoms with Gasteiger partial charge in [-0.05, 0) is 30.5 Å². The van der Waals surface area contributed by atoms with Crippen LogP contribution in [-0.2, 0) is 6.42 Å². The van der Waals surface area contributed by atoms with Crippen molar-refractivity contribution in [1.29, 1.82) is 0 Å². The molecule has 0 spiro atoms. The maximum Gasteiger partial charge on any atom is 0.146 e. The lowest BCUT2D eigenvalue weighted by atomic mass is 10.1. The van der Waals surface area contributed by atoms with E-state index in [0.29, 0.717) is 22.4 Å². The first-order chi connectivity index (χ1) is 9.24. The Balaban J connectivity index is 2.29. The highest BCUT2D eigenvalue weighted by Gasteiger charge is 2.18. The number of alkyl halides is 1. The van der Waals surface area contributed by atoms with Crippen LogP contribution in [0.2, 0.25) is 5.02 Å². The Morgan fingerprint density at radius 2 is 1.89 bits per heavy atom. The molecule has 0 aliphatic rings. The van der Waals surface area contributed by atoms with E-state index in [1.807, 2.05) is 6.07 Å². The fourth-order valence-corrected chi connectivity index (χ4v) is 2.57. The van der Waals surface area contributed by atoms with Crippen LogP contribution >= 0.6 is 35.8 Å². The molecule has 3 nitrogen and oxygen atoms in total. The monoisotopic (exact) mass is 313 g/mol. The zero-order valence-electron chi connectivity index (χ0n) is 10.1. The van der Waals surface area contributed by atoms with Crippen LogP contribution in [0.5, 0.6) is 0 Å². The van der Waals surface area contributed by atoms with Crippen molar-refractivity contribution in [1.82, 2.24) is 15.0 Å². The molecule has 0 aliphatic carbocycles. The molecule has 2 aromatic heterocycles. The molecule has 0 saturated heterocycles. The minimum atomic E-state index is -0.329. The van der Waals surface area contributed by atoms with Crippen molar-refractivity contribution in [3.8, 4) is 0 Å². The number of hydrogen-bond acceptors (Lipinski definition) is 4. The Hall–Kier alpha value is -0.840. The maximum absolute atomic E-state index is 6.38. The third-order valence-corrected chi connectivity index (χ3v) is 3.84. The minimum Gasteiger partial charge on any atom is -0.258 e. The summed E-state index contributed by atoms with van der Waals surface area (Å²) in [6, 6.07) is 3.67. The second-order valence-corrected chi connectivity index (χ2v) is 5.24. The van der Waals surface area contributed by atoms with Gasteiger partial charge in [0.2, 0.25) is 0 Å². The number of aromatic nitrogens is 3. The Labute approximate surface area is 127 Å². The summed E-state index contributed by atoms with van der Waals surface area (Å²) in [5.41, 5.74) is 1.71. The number of halogens is 2. The number of thiol groups is 1. The molecular formula is C13H13Cl2N3S. The molecule has 6 heteroatoms. The van der Waals surface area contributed by atoms with E-state index in [9.17, 15) is 0 Å². The van der Waals surface area contributed by atoms with Crippen molar-refractivity contribution in [2.75, 3.05) is 5.88 Å². The Morgan fingerprint density at radius 1 is 1.16 bits per heavy atom. The smallest absolute Gasteiger partial charge is 0.146 e. The predicted molar refractivity (Wildman–Crippen MR) is 81.1 cm³/mol. The first-order valence-electron chi connectivity index (χ1n) is 5.88. The van der Waals surface area contributed by atoms with Gasteiger partial charge in [0, 0.05) is 24.5 Å². The molecule has 2 heterocycles. The summed E-state index contributed by atoms with van der Waals surface area (Å²) >= 11 is 16.6. The van der Waals surface area contributed by atoms with Gasteiger partial charge in [0.1, 0.15) is 11.1 Å². The van der Waals surface area contributed by atoms with Gasteiger partial charge in [-0.15, -0.1) is 11.6 Å². The van der Waals surface area contributed by atoms with Crippen LogP contribution in [0.4, 0.5) is 0 Å². The molecule has 0 saturated carbocycles. The molecule has 0 fully saturated rings. The summed E-state index contributed by atoms with van der Waals surface area (Å²) in [5.74, 6) is 1.20. The number of hydrogen-bond donors (Lipinski definition) is 1. The van der Waals surface area contributed by atoms with Crippen LogP contribution in [-0.4, -0.2) is 20.8 Å². The van der Waals surface area contributed by atoms with E-state index < -0.39 is 0 Å². The summed E-state index contributed by atoms with van der Waals surface area (Å²) < 4.78 is 0. The van der Waals surface area contributed by atoms with Crippen molar-refractivity contribution in [2.45, 2.75) is 18.1 Å². The van der Waals surface area contributed by atoms with E-state index in [-0.39, 0.29) is 5.25 Å². The third kappa shape index (κ3) is 3.59. The van der Waals surface area contributed by atoms with Crippen LogP contribution in [0.25, 0.3) is 0 Å². The topological polar surface area (TPSA) is 38.7 Å². The number of pyridine rings is 1. The highest BCUT2D eigenvalue weighted by Crippen LogP contribution is 2.31. The molecule has 1 atom stereocenters. The average molecular weight is 314 g/mol. The van der Waals surface area contributed by atoms with Crippen molar-refractivity contribution in [3.05, 3.63) is 52.8 Å². The van der Waals surface area contributed by atoms with Gasteiger partial charge in [0.05, 0.1) is 10.7 Å². The maximum atomic E-state index is 6.38. The van der Waals surface area contributed by atoms with E-state index in [1.165, 1.54) is 0 Å². The quantitative estimate of drug-likeness (QED) is 0.675. The standard InChI is InChI=1S/C13H13Cl2N3S/c14-5-1-3-9-4-8-16-11(10(9)15)12(19)13-17-6-2-7-18-13/h2,4,6-8,12,19H,1,3,5H2. The second kappa shape index (κ2) is 7.08. The predicted octanol–water partition coefficient (Wildman–Crippen LogP) is 3.72. The molecule has 19 heavy (non-hydrogen) atoms. The van der Waals surface area contributed by atoms with E-state index >= 15 is 0 Å². The van der Waals surface area contributed by atoms with Crippen LogP contribution in [0.1, 0.15) is 28.8 Å². The normalized spacial score (nSPS) is 12.4. The lowest BCUT2D eigenvalue weighted by Gasteiger charge is -2.12. The van der Waals surface area contributed by atoms with Gasteiger partial charge in [-0.2, -0.15) is 12.6 Å². The minimum absolute atomic E-state index is 0.329. The van der Waals surface area contributed by atoms with E-state index in [1.54, 1.807) is 24.7 Å². The highest BCUT2D eigenvalue weighted by molar-refractivity contribution is 7.80. The second-order valence-electron chi connectivity index (χ2n) is 3.97. The summed E-state index contributed by atoms with van der Waals surface area (Å²) in [7, 11) is 0. The van der Waals surface area contributed by atoms with E-state index in [4.69, 9.17) is 23.2 Å². The van der Waals surface area contributed by atoms with Gasteiger partial charge in [0.15, 0.2) is 0 Å². The average Bonchev–Trinajstić information content (AvgIpc) is 2.46. The van der Waals surface area contributed by atoms with Crippen molar-refractivity contribution in [2.24, 2.45) is 0 Å². The molecule has 0 radical (unpaired) electrons. The first kappa shape index (κ1) is 14.6. The lowest BCUT2D eigenvalue weighted by molar-refractivity contribution is 0.892. The summed E-state index contributed by atoms with van der Waals surface area (Å²) in [5, 5.41) is 0.296. The third-order valence-electron chi connectivity index (χ3n) is 2.67. The van der Waals surface area contributed by atoms with Crippen LogP contribution in [0.3, 0.4) is 0 Å². The van der Waals surface area contributed by atoms with Crippen LogP contribution in [0, 0.1) is 0 Å². The Bertz CT molecular complexity index is 537. The van der Waals surface area contributed by atoms with Crippen molar-refractivity contribution in [3.63, 3.8) is 0 Å². The first-order valence-corrected chi connectivity index (χ1v) is 7.31. The van der Waals surface area contributed by atoms with Gasteiger partial charge in [-0.1, -0.05) is 11.6 Å². The van der Waals surface area contributed by atoms with Crippen LogP contribution < -0.4 is 0 Å². The fourth-order valence-electron chi connectivity index (χ4n) is 1.72. The van der Waals surface area contributed by atoms with Gasteiger partial charge in [0.25, 0.3) is 0 Å². The SMILES string of the molecule is SC(c1ncccn1)c1nccc(CCCCl)c1Cl. The molecule has 0 bridgehead atoms. The largest absolute Gasteiger partial charge is 0.258 e. The van der Waals surface area contributed by atoms with Gasteiger partial charge >= 0.3 is 0 Å². The zero-order valence-corrected chi connectivity index (χ0v) is 12.5. The molecule has 1 unspecified atom stereocenters. The van der Waals surface area contributed by atoms with Crippen LogP contribution in [0.15, 0.2) is 30.7 Å². The van der Waals surface area contributed by atoms with Gasteiger partial charge < -0.3 is 0 Å². The van der Waals surface area contributed by atoms with Crippen molar-refractivity contribution >= 4 is 35.8 Å². The molecule has 100 valence electrons. The molecule has 0 aromatic carbocycles. The number of aryl methyl sites for hydroxylation is 1. The highest BCUT2D eigenvalue weighted by atomic mass is 35.5. The lowest BCUT2D eigenvalue weighted by Crippen LogP contribution is -2.04. The molecular weight excluding hydrogens is 301 g/mol. The van der Waals surface area contributed by atoms with Gasteiger partial charge in [-0.3, -0.25) is 4.98 Å².